The predicted molar refractivity (Wildman–Crippen MR) is 53.0 cm³/mol. The molecular formula is C11H12O4. The molecule has 0 aliphatic rings. The summed E-state index contributed by atoms with van der Waals surface area (Å²) in [5.74, 6) is -1.64. The molecular weight excluding hydrogens is 196 g/mol. The molecule has 0 radical (unpaired) electrons. The third-order valence-electron chi connectivity index (χ3n) is 2.18. The summed E-state index contributed by atoms with van der Waals surface area (Å²) >= 11 is 0. The lowest BCUT2D eigenvalue weighted by Crippen LogP contribution is -2.43. The number of esters is 1. The highest BCUT2D eigenvalue weighted by atomic mass is 16.5. The molecule has 0 fully saturated rings. The van der Waals surface area contributed by atoms with E-state index in [-0.39, 0.29) is 5.56 Å². The fourth-order valence-electron chi connectivity index (χ4n) is 1.29. The Bertz CT molecular complexity index is 371. The van der Waals surface area contributed by atoms with E-state index in [0.717, 1.165) is 14.0 Å². The Kier molecular flexibility index (Phi) is 3.21. The van der Waals surface area contributed by atoms with E-state index in [9.17, 15) is 14.7 Å². The fraction of sp³-hybridized carbons (Fsp3) is 0.273. The van der Waals surface area contributed by atoms with Crippen LogP contribution in [0.4, 0.5) is 0 Å². The highest BCUT2D eigenvalue weighted by Gasteiger charge is 2.44. The van der Waals surface area contributed by atoms with Crippen LogP contribution in [0.2, 0.25) is 0 Å². The number of hydrogen-bond acceptors (Lipinski definition) is 4. The largest absolute Gasteiger partial charge is 0.466 e. The van der Waals surface area contributed by atoms with Crippen molar-refractivity contribution in [3.8, 4) is 0 Å². The maximum absolute atomic E-state index is 11.4. The van der Waals surface area contributed by atoms with E-state index in [4.69, 9.17) is 0 Å². The molecule has 4 nitrogen and oxygen atoms in total. The molecule has 1 aromatic rings. The van der Waals surface area contributed by atoms with Crippen molar-refractivity contribution in [1.29, 1.82) is 0 Å². The van der Waals surface area contributed by atoms with Crippen LogP contribution >= 0.6 is 0 Å². The molecule has 1 aromatic carbocycles. The number of hydrogen-bond donors (Lipinski definition) is 1. The second-order valence-corrected chi connectivity index (χ2v) is 3.12. The third kappa shape index (κ3) is 1.89. The number of carbonyl (C=O) groups is 2. The molecule has 1 rings (SSSR count). The van der Waals surface area contributed by atoms with Gasteiger partial charge in [0.15, 0.2) is 5.78 Å². The topological polar surface area (TPSA) is 63.6 Å². The normalized spacial score (nSPS) is 14.1. The van der Waals surface area contributed by atoms with Gasteiger partial charge < -0.3 is 9.84 Å². The van der Waals surface area contributed by atoms with E-state index in [1.54, 1.807) is 18.2 Å². The summed E-state index contributed by atoms with van der Waals surface area (Å²) in [6.07, 6.45) is 0. The molecule has 0 unspecified atom stereocenters. The number of methoxy groups -OCH3 is 1. The minimum atomic E-state index is -2.20. The molecule has 1 atom stereocenters. The van der Waals surface area contributed by atoms with Crippen LogP contribution in [-0.4, -0.2) is 24.0 Å². The van der Waals surface area contributed by atoms with Crippen molar-refractivity contribution in [1.82, 2.24) is 0 Å². The van der Waals surface area contributed by atoms with Crippen molar-refractivity contribution < 1.29 is 19.4 Å². The average molecular weight is 208 g/mol. The number of benzene rings is 1. The summed E-state index contributed by atoms with van der Waals surface area (Å²) < 4.78 is 4.42. The molecule has 0 amide bonds. The van der Waals surface area contributed by atoms with Crippen LogP contribution in [-0.2, 0) is 19.9 Å². The Morgan fingerprint density at radius 2 is 1.80 bits per heavy atom. The van der Waals surface area contributed by atoms with Crippen molar-refractivity contribution in [2.45, 2.75) is 12.5 Å². The predicted octanol–water partition coefficient (Wildman–Crippen LogP) is 0.636. The van der Waals surface area contributed by atoms with E-state index in [2.05, 4.69) is 4.74 Å². The zero-order valence-electron chi connectivity index (χ0n) is 8.56. The molecule has 4 heteroatoms. The summed E-state index contributed by atoms with van der Waals surface area (Å²) in [4.78, 5) is 22.7. The third-order valence-corrected chi connectivity index (χ3v) is 2.18. The van der Waals surface area contributed by atoms with Crippen molar-refractivity contribution in [2.24, 2.45) is 0 Å². The lowest BCUT2D eigenvalue weighted by Gasteiger charge is -2.22. The van der Waals surface area contributed by atoms with Gasteiger partial charge in [-0.05, 0) is 6.92 Å². The lowest BCUT2D eigenvalue weighted by atomic mass is 9.90. The number of rotatable bonds is 3. The first-order chi connectivity index (χ1) is 7.03. The van der Waals surface area contributed by atoms with Gasteiger partial charge in [-0.15, -0.1) is 0 Å². The molecule has 0 aliphatic heterocycles. The van der Waals surface area contributed by atoms with Crippen LogP contribution in [0.5, 0.6) is 0 Å². The quantitative estimate of drug-likeness (QED) is 0.584. The molecule has 0 spiro atoms. The number of Topliss-reactive ketones (excluding diaryl/α,β-unsaturated/α-hetero) is 1. The van der Waals surface area contributed by atoms with Gasteiger partial charge in [-0.3, -0.25) is 4.79 Å². The first-order valence-electron chi connectivity index (χ1n) is 4.40. The van der Waals surface area contributed by atoms with Crippen LogP contribution < -0.4 is 0 Å². The Hall–Kier alpha value is -1.68. The van der Waals surface area contributed by atoms with Crippen LogP contribution in [0.1, 0.15) is 12.5 Å². The van der Waals surface area contributed by atoms with Crippen molar-refractivity contribution in [3.63, 3.8) is 0 Å². The zero-order chi connectivity index (χ0) is 11.5. The van der Waals surface area contributed by atoms with Crippen molar-refractivity contribution >= 4 is 11.8 Å². The van der Waals surface area contributed by atoms with E-state index in [0.29, 0.717) is 0 Å². The van der Waals surface area contributed by atoms with Gasteiger partial charge in [-0.2, -0.15) is 0 Å². The number of ether oxygens (including phenoxy) is 1. The molecule has 0 saturated heterocycles. The van der Waals surface area contributed by atoms with E-state index >= 15 is 0 Å². The second-order valence-electron chi connectivity index (χ2n) is 3.12. The van der Waals surface area contributed by atoms with Crippen molar-refractivity contribution in [3.05, 3.63) is 35.9 Å². The van der Waals surface area contributed by atoms with Gasteiger partial charge in [0, 0.05) is 5.56 Å². The van der Waals surface area contributed by atoms with E-state index in [1.165, 1.54) is 12.1 Å². The Balaban J connectivity index is 3.25. The van der Waals surface area contributed by atoms with Gasteiger partial charge in [0.2, 0.25) is 5.60 Å². The maximum Gasteiger partial charge on any atom is 0.350 e. The van der Waals surface area contributed by atoms with Crippen LogP contribution in [0.3, 0.4) is 0 Å². The lowest BCUT2D eigenvalue weighted by molar-refractivity contribution is -0.168. The molecule has 0 bridgehead atoms. The smallest absolute Gasteiger partial charge is 0.350 e. The Labute approximate surface area is 87.5 Å². The van der Waals surface area contributed by atoms with Gasteiger partial charge in [0.05, 0.1) is 7.11 Å². The molecule has 0 heterocycles. The molecule has 1 N–H and O–H groups in total. The zero-order valence-corrected chi connectivity index (χ0v) is 8.56. The summed E-state index contributed by atoms with van der Waals surface area (Å²) in [6, 6.07) is 7.98. The van der Waals surface area contributed by atoms with Gasteiger partial charge in [0.25, 0.3) is 0 Å². The van der Waals surface area contributed by atoms with Gasteiger partial charge in [-0.25, -0.2) is 4.79 Å². The summed E-state index contributed by atoms with van der Waals surface area (Å²) in [5.41, 5.74) is -1.99. The highest BCUT2D eigenvalue weighted by Crippen LogP contribution is 2.23. The number of ketones is 1. The first kappa shape index (κ1) is 11.4. The van der Waals surface area contributed by atoms with Crippen LogP contribution in [0.15, 0.2) is 30.3 Å². The highest BCUT2D eigenvalue weighted by molar-refractivity contribution is 6.06. The molecule has 0 aromatic heterocycles. The SMILES string of the molecule is COC(=O)[C@@](O)(C(C)=O)c1ccccc1. The molecule has 0 saturated carbocycles. The Morgan fingerprint density at radius 3 is 2.20 bits per heavy atom. The Morgan fingerprint density at radius 1 is 1.27 bits per heavy atom. The second kappa shape index (κ2) is 4.23. The molecule has 0 aliphatic carbocycles. The van der Waals surface area contributed by atoms with Gasteiger partial charge in [-0.1, -0.05) is 30.3 Å². The summed E-state index contributed by atoms with van der Waals surface area (Å²) in [6.45, 7) is 1.14. The summed E-state index contributed by atoms with van der Waals surface area (Å²) in [7, 11) is 1.12. The standard InChI is InChI=1S/C11H12O4/c1-8(12)11(14,10(13)15-2)9-6-4-3-5-7-9/h3-7,14H,1-2H3/t11-/m1/s1. The number of aliphatic hydroxyl groups is 1. The van der Waals surface area contributed by atoms with E-state index in [1.807, 2.05) is 0 Å². The minimum absolute atomic E-state index is 0.212. The maximum atomic E-state index is 11.4. The monoisotopic (exact) mass is 208 g/mol. The molecule has 15 heavy (non-hydrogen) atoms. The van der Waals surface area contributed by atoms with Crippen LogP contribution in [0.25, 0.3) is 0 Å². The average Bonchev–Trinajstić information content (AvgIpc) is 2.27. The van der Waals surface area contributed by atoms with Crippen LogP contribution in [0, 0.1) is 0 Å². The summed E-state index contributed by atoms with van der Waals surface area (Å²) in [5, 5.41) is 10.0. The number of carbonyl (C=O) groups excluding carboxylic acids is 2. The van der Waals surface area contributed by atoms with Gasteiger partial charge >= 0.3 is 5.97 Å². The fourth-order valence-corrected chi connectivity index (χ4v) is 1.29. The van der Waals surface area contributed by atoms with Gasteiger partial charge in [0.1, 0.15) is 0 Å². The molecule has 80 valence electrons. The van der Waals surface area contributed by atoms with E-state index < -0.39 is 17.4 Å². The van der Waals surface area contributed by atoms with Crippen molar-refractivity contribution in [2.75, 3.05) is 7.11 Å². The minimum Gasteiger partial charge on any atom is -0.466 e. The first-order valence-corrected chi connectivity index (χ1v) is 4.40.